The Kier molecular flexibility index (Phi) is 3.34. The van der Waals surface area contributed by atoms with Crippen LogP contribution < -0.4 is 5.32 Å². The van der Waals surface area contributed by atoms with Gasteiger partial charge < -0.3 is 19.9 Å². The molecule has 4 unspecified atom stereocenters. The number of nitrogens with one attached hydrogen (secondary N) is 1. The first-order chi connectivity index (χ1) is 10.3. The number of hydrogen-bond donors (Lipinski definition) is 2. The van der Waals surface area contributed by atoms with Gasteiger partial charge in [-0.1, -0.05) is 6.07 Å². The fraction of sp³-hybridized carbons (Fsp3) is 0.429. The number of ether oxygens (including phenoxy) is 2. The molecule has 2 saturated heterocycles. The highest BCUT2D eigenvalue weighted by atomic mass is 32.1. The summed E-state index contributed by atoms with van der Waals surface area (Å²) in [5.41, 5.74) is 0.894. The molecule has 4 heterocycles. The lowest BCUT2D eigenvalue weighted by Gasteiger charge is -2.17. The normalized spacial score (nSPS) is 31.3. The van der Waals surface area contributed by atoms with Gasteiger partial charge in [-0.05, 0) is 17.5 Å². The minimum atomic E-state index is -0.542. The van der Waals surface area contributed by atoms with Gasteiger partial charge in [0.2, 0.25) is 5.95 Å². The van der Waals surface area contributed by atoms with Crippen LogP contribution in [0.4, 0.5) is 5.95 Å². The van der Waals surface area contributed by atoms with Crippen LogP contribution in [0.15, 0.2) is 29.8 Å². The molecule has 110 valence electrons. The third-order valence-electron chi connectivity index (χ3n) is 3.77. The lowest BCUT2D eigenvalue weighted by atomic mass is 10.1. The van der Waals surface area contributed by atoms with E-state index < -0.39 is 6.10 Å². The maximum Gasteiger partial charge on any atom is 0.223 e. The molecule has 7 heteroatoms. The van der Waals surface area contributed by atoms with Crippen LogP contribution in [0.5, 0.6) is 0 Å². The second-order valence-electron chi connectivity index (χ2n) is 5.16. The summed E-state index contributed by atoms with van der Waals surface area (Å²) in [6, 6.07) is 5.88. The number of rotatable bonds is 3. The fourth-order valence-electron chi connectivity index (χ4n) is 2.76. The number of anilines is 1. The monoisotopic (exact) mass is 305 g/mol. The number of aliphatic hydroxyl groups is 1. The van der Waals surface area contributed by atoms with E-state index in [1.807, 2.05) is 23.6 Å². The van der Waals surface area contributed by atoms with Gasteiger partial charge in [-0.15, -0.1) is 11.3 Å². The molecule has 21 heavy (non-hydrogen) atoms. The lowest BCUT2D eigenvalue weighted by molar-refractivity contribution is 0.0184. The predicted octanol–water partition coefficient (Wildman–Crippen LogP) is 1.14. The first-order valence-electron chi connectivity index (χ1n) is 6.86. The summed E-state index contributed by atoms with van der Waals surface area (Å²) in [6.45, 7) is 0.808. The Balaban J connectivity index is 1.52. The topological polar surface area (TPSA) is 76.5 Å². The molecule has 4 atom stereocenters. The minimum Gasteiger partial charge on any atom is -0.388 e. The molecule has 2 fully saturated rings. The summed E-state index contributed by atoms with van der Waals surface area (Å²) >= 11 is 1.64. The van der Waals surface area contributed by atoms with Gasteiger partial charge in [0.25, 0.3) is 0 Å². The highest BCUT2D eigenvalue weighted by Crippen LogP contribution is 2.29. The third kappa shape index (κ3) is 2.42. The molecule has 2 aromatic heterocycles. The molecule has 2 aromatic rings. The standard InChI is InChI=1S/C14H15N3O3S/c18-10-7-20-12-9(6-19-13(10)12)17-14-15-4-3-8(16-14)11-2-1-5-21-11/h1-5,9-10,12-13,18H,6-7H2,(H,15,16,17). The van der Waals surface area contributed by atoms with Crippen molar-refractivity contribution in [2.24, 2.45) is 0 Å². The van der Waals surface area contributed by atoms with E-state index in [0.29, 0.717) is 19.2 Å². The van der Waals surface area contributed by atoms with Crippen molar-refractivity contribution in [3.63, 3.8) is 0 Å². The molecular weight excluding hydrogens is 290 g/mol. The minimum absolute atomic E-state index is 0.0364. The van der Waals surface area contributed by atoms with Gasteiger partial charge in [-0.25, -0.2) is 9.97 Å². The quantitative estimate of drug-likeness (QED) is 0.886. The van der Waals surface area contributed by atoms with Gasteiger partial charge in [0.15, 0.2) is 0 Å². The van der Waals surface area contributed by atoms with Crippen molar-refractivity contribution in [1.29, 1.82) is 0 Å². The number of fused-ring (bicyclic) bond motifs is 1. The molecule has 0 aromatic carbocycles. The Bertz CT molecular complexity index is 622. The van der Waals surface area contributed by atoms with Crippen LogP contribution in [0.25, 0.3) is 10.6 Å². The van der Waals surface area contributed by atoms with Crippen LogP contribution in [0, 0.1) is 0 Å². The molecule has 2 aliphatic rings. The first kappa shape index (κ1) is 13.1. The Hall–Kier alpha value is -1.54. The van der Waals surface area contributed by atoms with Crippen molar-refractivity contribution in [1.82, 2.24) is 9.97 Å². The summed E-state index contributed by atoms with van der Waals surface area (Å²) in [7, 11) is 0. The largest absolute Gasteiger partial charge is 0.388 e. The highest BCUT2D eigenvalue weighted by molar-refractivity contribution is 7.13. The predicted molar refractivity (Wildman–Crippen MR) is 78.2 cm³/mol. The Morgan fingerprint density at radius 3 is 3.00 bits per heavy atom. The molecule has 0 amide bonds. The van der Waals surface area contributed by atoms with Crippen molar-refractivity contribution in [3.8, 4) is 10.6 Å². The van der Waals surface area contributed by atoms with Gasteiger partial charge in [-0.2, -0.15) is 0 Å². The zero-order chi connectivity index (χ0) is 14.2. The van der Waals surface area contributed by atoms with Crippen LogP contribution >= 0.6 is 11.3 Å². The third-order valence-corrected chi connectivity index (χ3v) is 4.66. The van der Waals surface area contributed by atoms with Crippen molar-refractivity contribution >= 4 is 17.3 Å². The molecule has 6 nitrogen and oxygen atoms in total. The van der Waals surface area contributed by atoms with E-state index >= 15 is 0 Å². The van der Waals surface area contributed by atoms with Crippen LogP contribution in [-0.2, 0) is 9.47 Å². The van der Waals surface area contributed by atoms with E-state index in [4.69, 9.17) is 9.47 Å². The van der Waals surface area contributed by atoms with Crippen LogP contribution in [0.2, 0.25) is 0 Å². The van der Waals surface area contributed by atoms with E-state index in [-0.39, 0.29) is 18.2 Å². The average molecular weight is 305 g/mol. The van der Waals surface area contributed by atoms with E-state index in [1.165, 1.54) is 0 Å². The van der Waals surface area contributed by atoms with Crippen LogP contribution in [0.1, 0.15) is 0 Å². The highest BCUT2D eigenvalue weighted by Gasteiger charge is 2.47. The SMILES string of the molecule is OC1COC2C(Nc3nccc(-c4cccs4)n3)COC12. The average Bonchev–Trinajstić information content (AvgIpc) is 3.21. The molecule has 0 bridgehead atoms. The van der Waals surface area contributed by atoms with E-state index in [9.17, 15) is 5.11 Å². The summed E-state index contributed by atoms with van der Waals surface area (Å²) in [5.74, 6) is 0.556. The Morgan fingerprint density at radius 1 is 1.24 bits per heavy atom. The van der Waals surface area contributed by atoms with Gasteiger partial charge in [-0.3, -0.25) is 0 Å². The van der Waals surface area contributed by atoms with E-state index in [1.54, 1.807) is 17.5 Å². The number of aromatic nitrogens is 2. The zero-order valence-corrected chi connectivity index (χ0v) is 12.0. The molecule has 0 spiro atoms. The molecule has 0 aliphatic carbocycles. The molecular formula is C14H15N3O3S. The number of nitrogens with zero attached hydrogens (tertiary/aromatic N) is 2. The molecule has 0 saturated carbocycles. The maximum atomic E-state index is 9.74. The van der Waals surface area contributed by atoms with Crippen molar-refractivity contribution in [2.75, 3.05) is 18.5 Å². The Morgan fingerprint density at radius 2 is 2.14 bits per heavy atom. The van der Waals surface area contributed by atoms with Gasteiger partial charge in [0, 0.05) is 6.20 Å². The summed E-state index contributed by atoms with van der Waals surface area (Å²) in [6.07, 6.45) is 0.805. The molecule has 2 aliphatic heterocycles. The molecule has 4 rings (SSSR count). The second-order valence-corrected chi connectivity index (χ2v) is 6.10. The number of thiophene rings is 1. The van der Waals surface area contributed by atoms with E-state index in [2.05, 4.69) is 15.3 Å². The van der Waals surface area contributed by atoms with Crippen LogP contribution in [-0.4, -0.2) is 52.6 Å². The first-order valence-corrected chi connectivity index (χ1v) is 7.74. The summed E-state index contributed by atoms with van der Waals surface area (Å²) in [5, 5.41) is 15.0. The van der Waals surface area contributed by atoms with Crippen molar-refractivity contribution < 1.29 is 14.6 Å². The second kappa shape index (κ2) is 5.34. The van der Waals surface area contributed by atoms with Gasteiger partial charge >= 0.3 is 0 Å². The van der Waals surface area contributed by atoms with Crippen LogP contribution in [0.3, 0.4) is 0 Å². The molecule has 0 radical (unpaired) electrons. The number of aliphatic hydroxyl groups excluding tert-OH is 1. The summed E-state index contributed by atoms with van der Waals surface area (Å²) in [4.78, 5) is 9.89. The van der Waals surface area contributed by atoms with Gasteiger partial charge in [0.1, 0.15) is 18.3 Å². The summed E-state index contributed by atoms with van der Waals surface area (Å²) < 4.78 is 11.2. The fourth-order valence-corrected chi connectivity index (χ4v) is 3.45. The molecule has 2 N–H and O–H groups in total. The number of hydrogen-bond acceptors (Lipinski definition) is 7. The zero-order valence-electron chi connectivity index (χ0n) is 11.2. The van der Waals surface area contributed by atoms with Crippen molar-refractivity contribution in [2.45, 2.75) is 24.4 Å². The van der Waals surface area contributed by atoms with Gasteiger partial charge in [0.05, 0.1) is 29.8 Å². The van der Waals surface area contributed by atoms with E-state index in [0.717, 1.165) is 10.6 Å². The Labute approximate surface area is 125 Å². The maximum absolute atomic E-state index is 9.74. The smallest absolute Gasteiger partial charge is 0.223 e. The lowest BCUT2D eigenvalue weighted by Crippen LogP contribution is -2.36. The van der Waals surface area contributed by atoms with Crippen molar-refractivity contribution in [3.05, 3.63) is 29.8 Å².